The van der Waals surface area contributed by atoms with Gasteiger partial charge in [0.25, 0.3) is 0 Å². The van der Waals surface area contributed by atoms with Crippen molar-refractivity contribution in [2.75, 3.05) is 0 Å². The largest absolute Gasteiger partial charge is 0.341 e. The van der Waals surface area contributed by atoms with Crippen molar-refractivity contribution in [3.05, 3.63) is 83.4 Å². The molecular weight excluding hydrogens is 294 g/mol. The molecule has 0 saturated carbocycles. The minimum Gasteiger partial charge on any atom is -0.341 e. The van der Waals surface area contributed by atoms with Gasteiger partial charge in [0.15, 0.2) is 5.78 Å². The van der Waals surface area contributed by atoms with Crippen molar-refractivity contribution < 1.29 is 4.79 Å². The van der Waals surface area contributed by atoms with Crippen LogP contribution in [0.15, 0.2) is 66.7 Å². The first-order chi connectivity index (χ1) is 11.7. The molecular formula is C22H19NO. The van der Waals surface area contributed by atoms with Crippen molar-refractivity contribution in [2.45, 2.75) is 20.4 Å². The second kappa shape index (κ2) is 5.64. The number of aromatic nitrogens is 1. The molecule has 2 heteroatoms. The monoisotopic (exact) mass is 313 g/mol. The molecule has 1 aromatic heterocycles. The van der Waals surface area contributed by atoms with E-state index in [4.69, 9.17) is 0 Å². The first-order valence-corrected chi connectivity index (χ1v) is 8.31. The molecule has 4 rings (SSSR count). The molecule has 0 aliphatic rings. The Bertz CT molecular complexity index is 1070. The van der Waals surface area contributed by atoms with Crippen LogP contribution >= 0.6 is 0 Å². The summed E-state index contributed by atoms with van der Waals surface area (Å²) in [4.78, 5) is 12.8. The van der Waals surface area contributed by atoms with Gasteiger partial charge in [0.05, 0.1) is 0 Å². The van der Waals surface area contributed by atoms with E-state index in [1.165, 1.54) is 16.4 Å². The van der Waals surface area contributed by atoms with E-state index in [-0.39, 0.29) is 5.78 Å². The number of hydrogen-bond acceptors (Lipinski definition) is 1. The Labute approximate surface area is 141 Å². The summed E-state index contributed by atoms with van der Waals surface area (Å²) in [5.41, 5.74) is 4.99. The molecule has 2 nitrogen and oxygen atoms in total. The Kier molecular flexibility index (Phi) is 3.46. The predicted octanol–water partition coefficient (Wildman–Crippen LogP) is 5.35. The fourth-order valence-corrected chi connectivity index (χ4v) is 3.49. The van der Waals surface area contributed by atoms with Crippen LogP contribution in [-0.4, -0.2) is 10.4 Å². The van der Waals surface area contributed by atoms with E-state index in [0.29, 0.717) is 0 Å². The molecule has 24 heavy (non-hydrogen) atoms. The molecule has 0 aliphatic heterocycles. The van der Waals surface area contributed by atoms with Crippen molar-refractivity contribution in [1.29, 1.82) is 0 Å². The minimum absolute atomic E-state index is 0.0777. The highest BCUT2D eigenvalue weighted by Gasteiger charge is 2.14. The Morgan fingerprint density at radius 3 is 2.38 bits per heavy atom. The Morgan fingerprint density at radius 1 is 0.833 bits per heavy atom. The van der Waals surface area contributed by atoms with Crippen LogP contribution in [0.3, 0.4) is 0 Å². The molecule has 0 N–H and O–H groups in total. The van der Waals surface area contributed by atoms with Crippen LogP contribution < -0.4 is 0 Å². The highest BCUT2D eigenvalue weighted by Crippen LogP contribution is 2.30. The average Bonchev–Trinajstić information content (AvgIpc) is 2.94. The number of rotatable bonds is 3. The molecule has 0 bridgehead atoms. The van der Waals surface area contributed by atoms with E-state index in [1.54, 1.807) is 0 Å². The van der Waals surface area contributed by atoms with E-state index < -0.39 is 0 Å². The van der Waals surface area contributed by atoms with Gasteiger partial charge in [0, 0.05) is 39.5 Å². The van der Waals surface area contributed by atoms with E-state index in [1.807, 2.05) is 43.3 Å². The molecule has 0 aliphatic carbocycles. The van der Waals surface area contributed by atoms with Crippen LogP contribution in [0.25, 0.3) is 21.8 Å². The third-order valence-electron chi connectivity index (χ3n) is 4.63. The maximum atomic E-state index is 12.8. The van der Waals surface area contributed by atoms with Gasteiger partial charge in [-0.05, 0) is 44.2 Å². The zero-order valence-electron chi connectivity index (χ0n) is 13.9. The molecule has 0 fully saturated rings. The van der Waals surface area contributed by atoms with Gasteiger partial charge in [-0.1, -0.05) is 42.0 Å². The standard InChI is InChI=1S/C22H19NO/c1-3-23-20-10-5-4-9-18(20)19-14-17(11-12-21(19)23)22(24)16-8-6-7-15(2)13-16/h4-14H,3H2,1-2H3. The molecule has 0 radical (unpaired) electrons. The number of para-hydroxylation sites is 1. The van der Waals surface area contributed by atoms with E-state index >= 15 is 0 Å². The zero-order chi connectivity index (χ0) is 16.7. The van der Waals surface area contributed by atoms with Gasteiger partial charge in [0.2, 0.25) is 0 Å². The lowest BCUT2D eigenvalue weighted by atomic mass is 10.00. The zero-order valence-corrected chi connectivity index (χ0v) is 13.9. The molecule has 0 saturated heterocycles. The summed E-state index contributed by atoms with van der Waals surface area (Å²) >= 11 is 0. The van der Waals surface area contributed by atoms with Crippen LogP contribution in [0, 0.1) is 6.92 Å². The summed E-state index contributed by atoms with van der Waals surface area (Å²) in [6.45, 7) is 5.07. The van der Waals surface area contributed by atoms with Gasteiger partial charge < -0.3 is 4.57 Å². The Morgan fingerprint density at radius 2 is 1.58 bits per heavy atom. The third-order valence-corrected chi connectivity index (χ3v) is 4.63. The van der Waals surface area contributed by atoms with Crippen molar-refractivity contribution in [3.63, 3.8) is 0 Å². The quantitative estimate of drug-likeness (QED) is 0.467. The summed E-state index contributed by atoms with van der Waals surface area (Å²) in [5, 5.41) is 2.35. The number of carbonyl (C=O) groups excluding carboxylic acids is 1. The number of benzene rings is 3. The van der Waals surface area contributed by atoms with Crippen LogP contribution in [0.1, 0.15) is 28.4 Å². The Hall–Kier alpha value is -2.87. The number of hydrogen-bond donors (Lipinski definition) is 0. The summed E-state index contributed by atoms with van der Waals surface area (Å²) in [7, 11) is 0. The highest BCUT2D eigenvalue weighted by atomic mass is 16.1. The first-order valence-electron chi connectivity index (χ1n) is 8.31. The second-order valence-corrected chi connectivity index (χ2v) is 6.19. The van der Waals surface area contributed by atoms with E-state index in [2.05, 4.69) is 41.8 Å². The molecule has 1 heterocycles. The number of fused-ring (bicyclic) bond motifs is 3. The van der Waals surface area contributed by atoms with Crippen molar-refractivity contribution >= 4 is 27.6 Å². The summed E-state index contributed by atoms with van der Waals surface area (Å²) in [6, 6.07) is 22.2. The van der Waals surface area contributed by atoms with Gasteiger partial charge in [-0.2, -0.15) is 0 Å². The number of nitrogens with zero attached hydrogens (tertiary/aromatic N) is 1. The van der Waals surface area contributed by atoms with Crippen LogP contribution in [-0.2, 0) is 6.54 Å². The van der Waals surface area contributed by atoms with Gasteiger partial charge >= 0.3 is 0 Å². The number of ketones is 1. The predicted molar refractivity (Wildman–Crippen MR) is 99.7 cm³/mol. The van der Waals surface area contributed by atoms with E-state index in [0.717, 1.165) is 28.6 Å². The highest BCUT2D eigenvalue weighted by molar-refractivity contribution is 6.14. The van der Waals surface area contributed by atoms with Gasteiger partial charge in [0.1, 0.15) is 0 Å². The molecule has 0 unspecified atom stereocenters. The third kappa shape index (κ3) is 2.23. The second-order valence-electron chi connectivity index (χ2n) is 6.19. The SMILES string of the molecule is CCn1c2ccccc2c2cc(C(=O)c3cccc(C)c3)ccc21. The smallest absolute Gasteiger partial charge is 0.193 e. The lowest BCUT2D eigenvalue weighted by molar-refractivity contribution is 0.103. The fraction of sp³-hybridized carbons (Fsp3) is 0.136. The van der Waals surface area contributed by atoms with Crippen molar-refractivity contribution in [2.24, 2.45) is 0 Å². The summed E-state index contributed by atoms with van der Waals surface area (Å²) in [5.74, 6) is 0.0777. The maximum Gasteiger partial charge on any atom is 0.193 e. The maximum absolute atomic E-state index is 12.8. The molecule has 0 amide bonds. The Balaban J connectivity index is 1.93. The molecule has 4 aromatic rings. The normalized spacial score (nSPS) is 11.2. The van der Waals surface area contributed by atoms with Crippen LogP contribution in [0.4, 0.5) is 0 Å². The molecule has 3 aromatic carbocycles. The number of carbonyl (C=O) groups is 1. The van der Waals surface area contributed by atoms with Gasteiger partial charge in [-0.3, -0.25) is 4.79 Å². The topological polar surface area (TPSA) is 22.0 Å². The van der Waals surface area contributed by atoms with Crippen molar-refractivity contribution in [1.82, 2.24) is 4.57 Å². The van der Waals surface area contributed by atoms with Gasteiger partial charge in [-0.15, -0.1) is 0 Å². The lowest BCUT2D eigenvalue weighted by Gasteiger charge is -2.05. The number of aryl methyl sites for hydroxylation is 2. The first kappa shape index (κ1) is 14.7. The van der Waals surface area contributed by atoms with Crippen molar-refractivity contribution in [3.8, 4) is 0 Å². The molecule has 0 atom stereocenters. The van der Waals surface area contributed by atoms with E-state index in [9.17, 15) is 4.79 Å². The van der Waals surface area contributed by atoms with Crippen LogP contribution in [0.5, 0.6) is 0 Å². The summed E-state index contributed by atoms with van der Waals surface area (Å²) in [6.07, 6.45) is 0. The molecule has 118 valence electrons. The molecule has 0 spiro atoms. The van der Waals surface area contributed by atoms with Crippen LogP contribution in [0.2, 0.25) is 0 Å². The average molecular weight is 313 g/mol. The summed E-state index contributed by atoms with van der Waals surface area (Å²) < 4.78 is 2.30. The fourth-order valence-electron chi connectivity index (χ4n) is 3.49. The lowest BCUT2D eigenvalue weighted by Crippen LogP contribution is -2.01. The minimum atomic E-state index is 0.0777. The van der Waals surface area contributed by atoms with Gasteiger partial charge in [-0.25, -0.2) is 0 Å².